The Balaban J connectivity index is 2.07. The van der Waals surface area contributed by atoms with E-state index >= 15 is 0 Å². The van der Waals surface area contributed by atoms with Crippen LogP contribution in [-0.4, -0.2) is 12.6 Å². The molecule has 1 fully saturated rings. The van der Waals surface area contributed by atoms with Crippen molar-refractivity contribution >= 4 is 0 Å². The van der Waals surface area contributed by atoms with Crippen LogP contribution in [0.25, 0.3) is 0 Å². The molecule has 0 aromatic rings. The highest BCUT2D eigenvalue weighted by Gasteiger charge is 2.21. The van der Waals surface area contributed by atoms with Gasteiger partial charge in [-0.3, -0.25) is 0 Å². The molecule has 0 radical (unpaired) electrons. The number of hydrogen-bond donors (Lipinski definition) is 1. The lowest BCUT2D eigenvalue weighted by Gasteiger charge is -2.30. The summed E-state index contributed by atoms with van der Waals surface area (Å²) in [6, 6.07) is 0.787. The molecular formula is C16H31N. The maximum Gasteiger partial charge on any atom is 0.00926 e. The summed E-state index contributed by atoms with van der Waals surface area (Å²) in [4.78, 5) is 0. The molecule has 1 aliphatic carbocycles. The Hall–Kier alpha value is -0.300. The molecule has 0 heterocycles. The van der Waals surface area contributed by atoms with Gasteiger partial charge < -0.3 is 5.32 Å². The van der Waals surface area contributed by atoms with Crippen molar-refractivity contribution in [2.75, 3.05) is 6.54 Å². The van der Waals surface area contributed by atoms with Crippen LogP contribution in [0.15, 0.2) is 12.7 Å². The fraction of sp³-hybridized carbons (Fsp3) is 0.875. The van der Waals surface area contributed by atoms with E-state index in [0.717, 1.165) is 12.0 Å². The predicted octanol–water partition coefficient (Wildman–Crippen LogP) is 4.68. The van der Waals surface area contributed by atoms with E-state index in [1.54, 1.807) is 0 Å². The van der Waals surface area contributed by atoms with Gasteiger partial charge in [0.25, 0.3) is 0 Å². The zero-order valence-electron chi connectivity index (χ0n) is 11.7. The van der Waals surface area contributed by atoms with Crippen LogP contribution in [0.2, 0.25) is 0 Å². The summed E-state index contributed by atoms with van der Waals surface area (Å²) in [7, 11) is 0. The number of nitrogens with one attached hydrogen (secondary N) is 1. The van der Waals surface area contributed by atoms with Crippen LogP contribution in [0.1, 0.15) is 71.1 Å². The average molecular weight is 237 g/mol. The predicted molar refractivity (Wildman–Crippen MR) is 77.3 cm³/mol. The van der Waals surface area contributed by atoms with E-state index in [2.05, 4.69) is 18.8 Å². The molecule has 0 bridgehead atoms. The topological polar surface area (TPSA) is 12.0 Å². The van der Waals surface area contributed by atoms with Gasteiger partial charge in [-0.25, -0.2) is 0 Å². The van der Waals surface area contributed by atoms with Gasteiger partial charge in [0.15, 0.2) is 0 Å². The molecule has 0 aromatic heterocycles. The van der Waals surface area contributed by atoms with E-state index in [0.29, 0.717) is 0 Å². The summed E-state index contributed by atoms with van der Waals surface area (Å²) in [5.74, 6) is 0.960. The van der Waals surface area contributed by atoms with Crippen molar-refractivity contribution in [1.29, 1.82) is 0 Å². The summed E-state index contributed by atoms with van der Waals surface area (Å²) < 4.78 is 0. The van der Waals surface area contributed by atoms with Crippen LogP contribution in [0, 0.1) is 5.92 Å². The van der Waals surface area contributed by atoms with Gasteiger partial charge in [-0.1, -0.05) is 38.7 Å². The third-order valence-electron chi connectivity index (χ3n) is 4.15. The first-order chi connectivity index (χ1) is 8.38. The van der Waals surface area contributed by atoms with Crippen LogP contribution in [0.5, 0.6) is 0 Å². The molecule has 1 nitrogen and oxygen atoms in total. The Morgan fingerprint density at radius 3 is 2.59 bits per heavy atom. The number of allylic oxidation sites excluding steroid dienone is 1. The first-order valence-corrected chi connectivity index (χ1v) is 7.72. The molecule has 1 rings (SSSR count). The number of rotatable bonds is 9. The molecular weight excluding hydrogens is 206 g/mol. The molecule has 0 spiro atoms. The first-order valence-electron chi connectivity index (χ1n) is 7.72. The van der Waals surface area contributed by atoms with E-state index in [-0.39, 0.29) is 0 Å². The summed E-state index contributed by atoms with van der Waals surface area (Å²) in [6.07, 6.45) is 15.8. The Morgan fingerprint density at radius 2 is 1.94 bits per heavy atom. The zero-order valence-corrected chi connectivity index (χ0v) is 11.7. The van der Waals surface area contributed by atoms with E-state index in [1.807, 2.05) is 6.08 Å². The second-order valence-corrected chi connectivity index (χ2v) is 5.50. The van der Waals surface area contributed by atoms with E-state index in [1.165, 1.54) is 70.8 Å². The lowest BCUT2D eigenvalue weighted by Crippen LogP contribution is -2.37. The quantitative estimate of drug-likeness (QED) is 0.453. The summed E-state index contributed by atoms with van der Waals surface area (Å²) in [6.45, 7) is 7.32. The lowest BCUT2D eigenvalue weighted by atomic mass is 9.83. The van der Waals surface area contributed by atoms with Gasteiger partial charge in [0.2, 0.25) is 0 Å². The Bertz CT molecular complexity index is 182. The molecule has 0 aliphatic heterocycles. The normalized spacial score (nSPS) is 19.1. The van der Waals surface area contributed by atoms with Gasteiger partial charge in [-0.2, -0.15) is 0 Å². The van der Waals surface area contributed by atoms with Crippen molar-refractivity contribution in [3.63, 3.8) is 0 Å². The van der Waals surface area contributed by atoms with Crippen LogP contribution in [0.4, 0.5) is 0 Å². The minimum absolute atomic E-state index is 0.787. The van der Waals surface area contributed by atoms with Gasteiger partial charge in [0.1, 0.15) is 0 Å². The maximum absolute atomic E-state index is 3.79. The molecule has 1 aliphatic rings. The Labute approximate surface area is 108 Å². The third-order valence-corrected chi connectivity index (χ3v) is 4.15. The second kappa shape index (κ2) is 9.70. The van der Waals surface area contributed by atoms with Gasteiger partial charge in [-0.05, 0) is 51.0 Å². The number of hydrogen-bond acceptors (Lipinski definition) is 1. The fourth-order valence-electron chi connectivity index (χ4n) is 3.06. The molecule has 17 heavy (non-hydrogen) atoms. The van der Waals surface area contributed by atoms with Crippen molar-refractivity contribution in [3.05, 3.63) is 12.7 Å². The average Bonchev–Trinajstić information content (AvgIpc) is 2.39. The highest BCUT2D eigenvalue weighted by Crippen LogP contribution is 2.27. The smallest absolute Gasteiger partial charge is 0.00926 e. The fourth-order valence-corrected chi connectivity index (χ4v) is 3.06. The van der Waals surface area contributed by atoms with Crippen molar-refractivity contribution in [3.8, 4) is 0 Å². The van der Waals surface area contributed by atoms with Gasteiger partial charge in [-0.15, -0.1) is 6.58 Å². The number of unbranched alkanes of at least 4 members (excludes halogenated alkanes) is 3. The second-order valence-electron chi connectivity index (χ2n) is 5.50. The van der Waals surface area contributed by atoms with Crippen molar-refractivity contribution in [1.82, 2.24) is 5.32 Å². The zero-order chi connectivity index (χ0) is 12.3. The summed E-state index contributed by atoms with van der Waals surface area (Å²) in [5, 5.41) is 3.79. The minimum Gasteiger partial charge on any atom is -0.314 e. The van der Waals surface area contributed by atoms with Crippen molar-refractivity contribution in [2.45, 2.75) is 77.2 Å². The van der Waals surface area contributed by atoms with Gasteiger partial charge >= 0.3 is 0 Å². The molecule has 1 heteroatoms. The van der Waals surface area contributed by atoms with E-state index in [4.69, 9.17) is 0 Å². The SMILES string of the molecule is C=CCCCCCNC(CC)C1CCCCC1. The lowest BCUT2D eigenvalue weighted by molar-refractivity contribution is 0.262. The van der Waals surface area contributed by atoms with Crippen LogP contribution in [-0.2, 0) is 0 Å². The standard InChI is InChI=1S/C16H31N/c1-3-5-6-7-11-14-17-16(4-2)15-12-9-8-10-13-15/h3,15-17H,1,4-14H2,2H3. The van der Waals surface area contributed by atoms with Crippen LogP contribution >= 0.6 is 0 Å². The summed E-state index contributed by atoms with van der Waals surface area (Å²) >= 11 is 0. The van der Waals surface area contributed by atoms with E-state index < -0.39 is 0 Å². The third kappa shape index (κ3) is 6.26. The molecule has 0 saturated heterocycles. The largest absolute Gasteiger partial charge is 0.314 e. The molecule has 1 saturated carbocycles. The minimum atomic E-state index is 0.787. The van der Waals surface area contributed by atoms with Gasteiger partial charge in [0.05, 0.1) is 0 Å². The molecule has 1 N–H and O–H groups in total. The molecule has 0 aromatic carbocycles. The summed E-state index contributed by atoms with van der Waals surface area (Å²) in [5.41, 5.74) is 0. The molecule has 1 unspecified atom stereocenters. The Morgan fingerprint density at radius 1 is 1.18 bits per heavy atom. The first kappa shape index (κ1) is 14.8. The van der Waals surface area contributed by atoms with Gasteiger partial charge in [0, 0.05) is 6.04 Å². The van der Waals surface area contributed by atoms with Crippen LogP contribution < -0.4 is 5.32 Å². The molecule has 1 atom stereocenters. The van der Waals surface area contributed by atoms with Crippen molar-refractivity contribution < 1.29 is 0 Å². The van der Waals surface area contributed by atoms with E-state index in [9.17, 15) is 0 Å². The highest BCUT2D eigenvalue weighted by molar-refractivity contribution is 4.78. The Kier molecular flexibility index (Phi) is 8.42. The van der Waals surface area contributed by atoms with Crippen molar-refractivity contribution in [2.24, 2.45) is 5.92 Å². The molecule has 0 amide bonds. The maximum atomic E-state index is 3.79. The monoisotopic (exact) mass is 237 g/mol. The highest BCUT2D eigenvalue weighted by atomic mass is 14.9. The van der Waals surface area contributed by atoms with Crippen LogP contribution in [0.3, 0.4) is 0 Å². The molecule has 100 valence electrons.